The molecule has 2 N–H and O–H groups in total. The van der Waals surface area contributed by atoms with E-state index in [-0.39, 0.29) is 5.91 Å². The predicted octanol–water partition coefficient (Wildman–Crippen LogP) is 0.0912. The lowest BCUT2D eigenvalue weighted by Crippen LogP contribution is -2.51. The van der Waals surface area contributed by atoms with Crippen LogP contribution in [0.3, 0.4) is 0 Å². The van der Waals surface area contributed by atoms with E-state index < -0.39 is 0 Å². The summed E-state index contributed by atoms with van der Waals surface area (Å²) in [5.74, 6) is 1.82. The third-order valence-electron chi connectivity index (χ3n) is 4.27. The maximum Gasteiger partial charge on any atom is 0.227 e. The Hall–Kier alpha value is -1.89. The highest BCUT2D eigenvalue weighted by atomic mass is 16.2. The number of hydrogen-bond donors (Lipinski definition) is 2. The van der Waals surface area contributed by atoms with Crippen molar-refractivity contribution in [1.82, 2.24) is 20.2 Å². The van der Waals surface area contributed by atoms with Crippen molar-refractivity contribution in [2.45, 2.75) is 26.3 Å². The SMILES string of the molecule is CCc1cc(NC2CNC2)nc(N2CCN(C(C)=O)CC2)n1. The number of amides is 1. The molecule has 0 radical (unpaired) electrons. The van der Waals surface area contributed by atoms with Gasteiger partial charge in [0, 0.05) is 58.0 Å². The van der Waals surface area contributed by atoms with Crippen LogP contribution in [0.4, 0.5) is 11.8 Å². The molecule has 3 heterocycles. The molecule has 7 heteroatoms. The van der Waals surface area contributed by atoms with Crippen LogP contribution in [0.1, 0.15) is 19.5 Å². The fourth-order valence-corrected chi connectivity index (χ4v) is 2.70. The molecule has 0 spiro atoms. The van der Waals surface area contributed by atoms with Gasteiger partial charge in [0.15, 0.2) is 0 Å². The summed E-state index contributed by atoms with van der Waals surface area (Å²) in [7, 11) is 0. The van der Waals surface area contributed by atoms with Crippen LogP contribution in [-0.4, -0.2) is 66.1 Å². The van der Waals surface area contributed by atoms with Crippen LogP contribution in [0, 0.1) is 0 Å². The van der Waals surface area contributed by atoms with E-state index >= 15 is 0 Å². The van der Waals surface area contributed by atoms with Crippen molar-refractivity contribution in [3.63, 3.8) is 0 Å². The van der Waals surface area contributed by atoms with Gasteiger partial charge in [-0.2, -0.15) is 4.98 Å². The van der Waals surface area contributed by atoms with Crippen molar-refractivity contribution in [1.29, 1.82) is 0 Å². The number of hydrogen-bond acceptors (Lipinski definition) is 6. The molecule has 2 aliphatic rings. The first-order valence-electron chi connectivity index (χ1n) is 8.01. The highest BCUT2D eigenvalue weighted by Crippen LogP contribution is 2.17. The van der Waals surface area contributed by atoms with E-state index in [1.54, 1.807) is 6.92 Å². The number of carbonyl (C=O) groups excluding carboxylic acids is 1. The predicted molar refractivity (Wildman–Crippen MR) is 86.2 cm³/mol. The van der Waals surface area contributed by atoms with E-state index in [9.17, 15) is 4.79 Å². The van der Waals surface area contributed by atoms with Crippen molar-refractivity contribution in [3.8, 4) is 0 Å². The lowest BCUT2D eigenvalue weighted by molar-refractivity contribution is -0.129. The average Bonchev–Trinajstić information content (AvgIpc) is 2.50. The molecule has 0 saturated carbocycles. The summed E-state index contributed by atoms with van der Waals surface area (Å²) >= 11 is 0. The van der Waals surface area contributed by atoms with Crippen LogP contribution in [0.5, 0.6) is 0 Å². The van der Waals surface area contributed by atoms with Gasteiger partial charge in [-0.25, -0.2) is 4.98 Å². The largest absolute Gasteiger partial charge is 0.365 e. The number of nitrogens with one attached hydrogen (secondary N) is 2. The van der Waals surface area contributed by atoms with Gasteiger partial charge in [-0.05, 0) is 6.42 Å². The van der Waals surface area contributed by atoms with Gasteiger partial charge in [-0.15, -0.1) is 0 Å². The van der Waals surface area contributed by atoms with Gasteiger partial charge in [0.1, 0.15) is 5.82 Å². The number of piperazine rings is 1. The first kappa shape index (κ1) is 15.0. The Labute approximate surface area is 131 Å². The van der Waals surface area contributed by atoms with Crippen molar-refractivity contribution in [3.05, 3.63) is 11.8 Å². The van der Waals surface area contributed by atoms with E-state index in [2.05, 4.69) is 32.4 Å². The molecule has 2 saturated heterocycles. The van der Waals surface area contributed by atoms with Crippen molar-refractivity contribution >= 4 is 17.7 Å². The standard InChI is InChI=1S/C15H24N6O/c1-3-12-8-14(17-13-9-16-10-13)19-15(18-12)21-6-4-20(5-7-21)11(2)22/h8,13,16H,3-7,9-10H2,1-2H3,(H,17,18,19). The Kier molecular flexibility index (Phi) is 4.42. The topological polar surface area (TPSA) is 73.4 Å². The summed E-state index contributed by atoms with van der Waals surface area (Å²) < 4.78 is 0. The summed E-state index contributed by atoms with van der Waals surface area (Å²) in [6.07, 6.45) is 0.889. The van der Waals surface area contributed by atoms with E-state index in [4.69, 9.17) is 0 Å². The Balaban J connectivity index is 1.72. The number of anilines is 2. The Morgan fingerprint density at radius 1 is 1.32 bits per heavy atom. The van der Waals surface area contributed by atoms with Gasteiger partial charge in [0.2, 0.25) is 11.9 Å². The fraction of sp³-hybridized carbons (Fsp3) is 0.667. The molecule has 22 heavy (non-hydrogen) atoms. The minimum atomic E-state index is 0.141. The van der Waals surface area contributed by atoms with Crippen molar-refractivity contribution in [2.75, 3.05) is 49.5 Å². The van der Waals surface area contributed by atoms with Crippen LogP contribution < -0.4 is 15.5 Å². The molecule has 0 aliphatic carbocycles. The van der Waals surface area contributed by atoms with Gasteiger partial charge in [-0.1, -0.05) is 6.92 Å². The molecular formula is C15H24N6O. The molecule has 3 rings (SSSR count). The molecule has 0 atom stereocenters. The summed E-state index contributed by atoms with van der Waals surface area (Å²) in [4.78, 5) is 24.8. The van der Waals surface area contributed by atoms with Crippen LogP contribution >= 0.6 is 0 Å². The number of rotatable bonds is 4. The first-order chi connectivity index (χ1) is 10.7. The molecule has 2 fully saturated rings. The van der Waals surface area contributed by atoms with Gasteiger partial charge in [0.05, 0.1) is 6.04 Å². The Morgan fingerprint density at radius 2 is 2.05 bits per heavy atom. The molecule has 0 unspecified atom stereocenters. The number of carbonyl (C=O) groups is 1. The van der Waals surface area contributed by atoms with Crippen LogP contribution in [0.2, 0.25) is 0 Å². The molecule has 1 aromatic heterocycles. The first-order valence-corrected chi connectivity index (χ1v) is 8.01. The van der Waals surface area contributed by atoms with Crippen LogP contribution in [-0.2, 0) is 11.2 Å². The molecule has 1 amide bonds. The van der Waals surface area contributed by atoms with Crippen LogP contribution in [0.25, 0.3) is 0 Å². The molecule has 2 aliphatic heterocycles. The van der Waals surface area contributed by atoms with E-state index in [0.29, 0.717) is 6.04 Å². The monoisotopic (exact) mass is 304 g/mol. The third kappa shape index (κ3) is 3.30. The minimum absolute atomic E-state index is 0.141. The molecule has 120 valence electrons. The zero-order valence-corrected chi connectivity index (χ0v) is 13.3. The van der Waals surface area contributed by atoms with Gasteiger partial charge in [0.25, 0.3) is 0 Å². The highest BCUT2D eigenvalue weighted by molar-refractivity contribution is 5.73. The zero-order chi connectivity index (χ0) is 15.5. The van der Waals surface area contributed by atoms with E-state index in [1.807, 2.05) is 11.0 Å². The highest BCUT2D eigenvalue weighted by Gasteiger charge is 2.22. The second kappa shape index (κ2) is 6.48. The summed E-state index contributed by atoms with van der Waals surface area (Å²) in [6, 6.07) is 2.50. The molecule has 0 bridgehead atoms. The average molecular weight is 304 g/mol. The fourth-order valence-electron chi connectivity index (χ4n) is 2.70. The maximum atomic E-state index is 11.4. The van der Waals surface area contributed by atoms with E-state index in [1.165, 1.54) is 0 Å². The Bertz CT molecular complexity index is 537. The second-order valence-corrected chi connectivity index (χ2v) is 5.89. The van der Waals surface area contributed by atoms with Gasteiger partial charge in [-0.3, -0.25) is 4.79 Å². The van der Waals surface area contributed by atoms with E-state index in [0.717, 1.165) is 63.1 Å². The molecule has 7 nitrogen and oxygen atoms in total. The molecule has 0 aromatic carbocycles. The summed E-state index contributed by atoms with van der Waals surface area (Å²) in [5, 5.41) is 6.70. The quantitative estimate of drug-likeness (QED) is 0.821. The third-order valence-corrected chi connectivity index (χ3v) is 4.27. The van der Waals surface area contributed by atoms with Crippen LogP contribution in [0.15, 0.2) is 6.07 Å². The summed E-state index contributed by atoms with van der Waals surface area (Å²) in [6.45, 7) is 8.76. The number of aromatic nitrogens is 2. The zero-order valence-electron chi connectivity index (χ0n) is 13.3. The summed E-state index contributed by atoms with van der Waals surface area (Å²) in [5.41, 5.74) is 1.05. The second-order valence-electron chi connectivity index (χ2n) is 5.89. The minimum Gasteiger partial charge on any atom is -0.365 e. The molecule has 1 aromatic rings. The number of nitrogens with zero attached hydrogens (tertiary/aromatic N) is 4. The normalized spacial score (nSPS) is 19.0. The molecular weight excluding hydrogens is 280 g/mol. The van der Waals surface area contributed by atoms with Crippen molar-refractivity contribution < 1.29 is 4.79 Å². The smallest absolute Gasteiger partial charge is 0.227 e. The van der Waals surface area contributed by atoms with Gasteiger partial charge >= 0.3 is 0 Å². The lowest BCUT2D eigenvalue weighted by Gasteiger charge is -2.34. The van der Waals surface area contributed by atoms with Crippen molar-refractivity contribution in [2.24, 2.45) is 0 Å². The Morgan fingerprint density at radius 3 is 2.59 bits per heavy atom. The van der Waals surface area contributed by atoms with Gasteiger partial charge < -0.3 is 20.4 Å². The number of aryl methyl sites for hydroxylation is 1. The maximum absolute atomic E-state index is 11.4. The lowest BCUT2D eigenvalue weighted by atomic mass is 10.2.